The summed E-state index contributed by atoms with van der Waals surface area (Å²) in [4.78, 5) is 11.4. The van der Waals surface area contributed by atoms with Crippen molar-refractivity contribution in [2.75, 3.05) is 0 Å². The lowest BCUT2D eigenvalue weighted by molar-refractivity contribution is -0.384. The van der Waals surface area contributed by atoms with E-state index in [0.717, 1.165) is 49.0 Å². The molecule has 0 saturated heterocycles. The largest absolute Gasteiger partial charge is 0.455 e. The van der Waals surface area contributed by atoms with Crippen LogP contribution in [-0.2, 0) is 0 Å². The molecule has 0 spiro atoms. The first kappa shape index (κ1) is 16.7. The summed E-state index contributed by atoms with van der Waals surface area (Å²) in [6.45, 7) is 0. The summed E-state index contributed by atoms with van der Waals surface area (Å²) >= 11 is 0. The normalized spacial score (nSPS) is 11.6. The maximum Gasteiger partial charge on any atom is 0.277 e. The molecule has 0 fully saturated rings. The molecule has 0 aliphatic heterocycles. The zero-order chi connectivity index (χ0) is 20.2. The van der Waals surface area contributed by atoms with Gasteiger partial charge in [-0.05, 0) is 28.3 Å². The summed E-state index contributed by atoms with van der Waals surface area (Å²) in [6.07, 6.45) is 0. The highest BCUT2D eigenvalue weighted by molar-refractivity contribution is 6.32. The van der Waals surface area contributed by atoms with Crippen LogP contribution in [0.3, 0.4) is 0 Å². The predicted octanol–water partition coefficient (Wildman–Crippen LogP) is 7.47. The van der Waals surface area contributed by atoms with Gasteiger partial charge in [-0.1, -0.05) is 72.8 Å². The number of rotatable bonds is 2. The molecule has 0 saturated carbocycles. The standard InChI is InChI=1S/C26H15NO3/c28-27(29)22-14-6-5-10-18(22)20-13-7-15-23-24(20)25-19-11-3-1-8-16(19)17-9-2-4-12-21(17)26(25)30-23/h1-15H. The third-order valence-electron chi connectivity index (χ3n) is 5.76. The van der Waals surface area contributed by atoms with Gasteiger partial charge in [-0.25, -0.2) is 0 Å². The summed E-state index contributed by atoms with van der Waals surface area (Å²) in [5.41, 5.74) is 3.02. The Morgan fingerprint density at radius 1 is 0.600 bits per heavy atom. The first-order valence-electron chi connectivity index (χ1n) is 9.72. The van der Waals surface area contributed by atoms with Crippen molar-refractivity contribution in [2.45, 2.75) is 0 Å². The zero-order valence-electron chi connectivity index (χ0n) is 15.8. The van der Waals surface area contributed by atoms with Crippen molar-refractivity contribution in [1.82, 2.24) is 0 Å². The topological polar surface area (TPSA) is 56.3 Å². The molecule has 142 valence electrons. The summed E-state index contributed by atoms with van der Waals surface area (Å²) in [7, 11) is 0. The van der Waals surface area contributed by atoms with Gasteiger partial charge in [-0.2, -0.15) is 0 Å². The molecule has 0 aliphatic rings. The molecule has 0 radical (unpaired) electrons. The number of para-hydroxylation sites is 1. The fraction of sp³-hybridized carbons (Fsp3) is 0. The first-order valence-corrected chi connectivity index (χ1v) is 9.72. The summed E-state index contributed by atoms with van der Waals surface area (Å²) in [5, 5.41) is 18.0. The van der Waals surface area contributed by atoms with Crippen LogP contribution in [0.25, 0.3) is 54.6 Å². The lowest BCUT2D eigenvalue weighted by atomic mass is 9.93. The molecule has 0 aliphatic carbocycles. The third kappa shape index (κ3) is 2.22. The van der Waals surface area contributed by atoms with Gasteiger partial charge in [0.15, 0.2) is 0 Å². The van der Waals surface area contributed by atoms with Crippen molar-refractivity contribution >= 4 is 49.2 Å². The Balaban J connectivity index is 1.89. The van der Waals surface area contributed by atoms with E-state index >= 15 is 0 Å². The van der Waals surface area contributed by atoms with Crippen LogP contribution in [-0.4, -0.2) is 4.92 Å². The Morgan fingerprint density at radius 3 is 1.97 bits per heavy atom. The number of furan rings is 1. The zero-order valence-corrected chi connectivity index (χ0v) is 15.8. The fourth-order valence-electron chi connectivity index (χ4n) is 4.53. The van der Waals surface area contributed by atoms with Crippen molar-refractivity contribution in [3.05, 3.63) is 101 Å². The van der Waals surface area contributed by atoms with Crippen molar-refractivity contribution < 1.29 is 9.34 Å². The Bertz CT molecular complexity index is 1630. The number of nitro benzene ring substituents is 1. The number of benzene rings is 5. The predicted molar refractivity (Wildman–Crippen MR) is 121 cm³/mol. The number of nitrogens with zero attached hydrogens (tertiary/aromatic N) is 1. The van der Waals surface area contributed by atoms with Crippen LogP contribution in [0.4, 0.5) is 5.69 Å². The lowest BCUT2D eigenvalue weighted by Gasteiger charge is -2.08. The van der Waals surface area contributed by atoms with E-state index in [9.17, 15) is 10.1 Å². The molecule has 6 aromatic rings. The van der Waals surface area contributed by atoms with E-state index in [1.807, 2.05) is 48.5 Å². The van der Waals surface area contributed by atoms with Gasteiger partial charge in [-0.3, -0.25) is 10.1 Å². The molecule has 0 atom stereocenters. The number of hydrogen-bond acceptors (Lipinski definition) is 3. The second-order valence-electron chi connectivity index (χ2n) is 7.35. The molecular weight excluding hydrogens is 374 g/mol. The van der Waals surface area contributed by atoms with Crippen LogP contribution < -0.4 is 0 Å². The Hall–Kier alpha value is -4.18. The van der Waals surface area contributed by atoms with Gasteiger partial charge in [0.1, 0.15) is 11.2 Å². The molecule has 4 nitrogen and oxygen atoms in total. The Morgan fingerprint density at radius 2 is 1.20 bits per heavy atom. The maximum atomic E-state index is 11.7. The molecule has 30 heavy (non-hydrogen) atoms. The summed E-state index contributed by atoms with van der Waals surface area (Å²) in [6, 6.07) is 29.1. The second-order valence-corrected chi connectivity index (χ2v) is 7.35. The first-order chi connectivity index (χ1) is 14.7. The van der Waals surface area contributed by atoms with Crippen molar-refractivity contribution in [2.24, 2.45) is 0 Å². The van der Waals surface area contributed by atoms with Crippen LogP contribution in [0.2, 0.25) is 0 Å². The highest BCUT2D eigenvalue weighted by atomic mass is 16.6. The Kier molecular flexibility index (Phi) is 3.44. The minimum atomic E-state index is -0.329. The van der Waals surface area contributed by atoms with Crippen LogP contribution in [0.5, 0.6) is 0 Å². The van der Waals surface area contributed by atoms with Gasteiger partial charge in [0.2, 0.25) is 0 Å². The van der Waals surface area contributed by atoms with Crippen molar-refractivity contribution in [3.63, 3.8) is 0 Å². The minimum Gasteiger partial charge on any atom is -0.455 e. The third-order valence-corrected chi connectivity index (χ3v) is 5.76. The molecule has 1 heterocycles. The Labute approximate surface area is 171 Å². The van der Waals surface area contributed by atoms with Gasteiger partial charge in [0.25, 0.3) is 5.69 Å². The van der Waals surface area contributed by atoms with E-state index in [-0.39, 0.29) is 10.6 Å². The summed E-state index contributed by atoms with van der Waals surface area (Å²) in [5.74, 6) is 0. The number of fused-ring (bicyclic) bond motifs is 8. The molecular formula is C26H15NO3. The minimum absolute atomic E-state index is 0.0874. The number of hydrogen-bond donors (Lipinski definition) is 0. The second kappa shape index (κ2) is 6.16. The monoisotopic (exact) mass is 389 g/mol. The number of nitro groups is 1. The van der Waals surface area contributed by atoms with Gasteiger partial charge >= 0.3 is 0 Å². The smallest absolute Gasteiger partial charge is 0.277 e. The van der Waals surface area contributed by atoms with E-state index in [0.29, 0.717) is 5.56 Å². The van der Waals surface area contributed by atoms with Crippen LogP contribution in [0.1, 0.15) is 0 Å². The lowest BCUT2D eigenvalue weighted by Crippen LogP contribution is -1.91. The van der Waals surface area contributed by atoms with Gasteiger partial charge < -0.3 is 4.42 Å². The van der Waals surface area contributed by atoms with Crippen LogP contribution >= 0.6 is 0 Å². The molecule has 0 amide bonds. The van der Waals surface area contributed by atoms with E-state index in [4.69, 9.17) is 4.42 Å². The molecule has 0 bridgehead atoms. The fourth-order valence-corrected chi connectivity index (χ4v) is 4.53. The van der Waals surface area contributed by atoms with E-state index in [1.165, 1.54) is 0 Å². The average molecular weight is 389 g/mol. The van der Waals surface area contributed by atoms with E-state index in [1.54, 1.807) is 18.2 Å². The quantitative estimate of drug-likeness (QED) is 0.175. The van der Waals surface area contributed by atoms with E-state index < -0.39 is 0 Å². The molecule has 6 rings (SSSR count). The van der Waals surface area contributed by atoms with Crippen LogP contribution in [0.15, 0.2) is 95.4 Å². The average Bonchev–Trinajstić information content (AvgIpc) is 3.19. The van der Waals surface area contributed by atoms with Gasteiger partial charge in [-0.15, -0.1) is 0 Å². The van der Waals surface area contributed by atoms with Crippen LogP contribution in [0, 0.1) is 10.1 Å². The highest BCUT2D eigenvalue weighted by Crippen LogP contribution is 2.45. The molecule has 0 N–H and O–H groups in total. The van der Waals surface area contributed by atoms with Gasteiger partial charge in [0.05, 0.1) is 10.5 Å². The summed E-state index contributed by atoms with van der Waals surface area (Å²) < 4.78 is 6.37. The molecule has 1 aromatic heterocycles. The van der Waals surface area contributed by atoms with Crippen molar-refractivity contribution in [3.8, 4) is 11.1 Å². The highest BCUT2D eigenvalue weighted by Gasteiger charge is 2.21. The van der Waals surface area contributed by atoms with Gasteiger partial charge in [0, 0.05) is 27.8 Å². The molecule has 4 heteroatoms. The SMILES string of the molecule is O=[N+]([O-])c1ccccc1-c1cccc2oc3c4ccccc4c4ccccc4c3c12. The van der Waals surface area contributed by atoms with Crippen molar-refractivity contribution in [1.29, 1.82) is 0 Å². The molecule has 5 aromatic carbocycles. The van der Waals surface area contributed by atoms with E-state index in [2.05, 4.69) is 24.3 Å². The molecule has 0 unspecified atom stereocenters. The maximum absolute atomic E-state index is 11.7.